The molecule has 0 saturated heterocycles. The third kappa shape index (κ3) is 1.97. The molecule has 0 aromatic rings. The first-order valence-corrected chi connectivity index (χ1v) is 4.66. The van der Waals surface area contributed by atoms with Crippen LogP contribution in [0.15, 0.2) is 0 Å². The Kier molecular flexibility index (Phi) is 3.53. The molecule has 1 aliphatic rings. The number of carbonyl (C=O) groups excluding carboxylic acids is 1. The Morgan fingerprint density at radius 2 is 2.33 bits per heavy atom. The minimum atomic E-state index is -0.107. The average molecular weight is 171 g/mol. The quantitative estimate of drug-likeness (QED) is 0.640. The fourth-order valence-electron chi connectivity index (χ4n) is 1.57. The van der Waals surface area contributed by atoms with Gasteiger partial charge in [-0.05, 0) is 25.7 Å². The average Bonchev–Trinajstić information content (AvgIpc) is 1.96. The molecule has 0 aromatic carbocycles. The first-order chi connectivity index (χ1) is 5.79. The van der Waals surface area contributed by atoms with E-state index in [2.05, 4.69) is 0 Å². The zero-order valence-electron chi connectivity index (χ0n) is 7.58. The van der Waals surface area contributed by atoms with Crippen LogP contribution in [0.3, 0.4) is 0 Å². The van der Waals surface area contributed by atoms with Crippen molar-refractivity contribution in [1.82, 2.24) is 0 Å². The third-order valence-electron chi connectivity index (χ3n) is 2.56. The second-order valence-corrected chi connectivity index (χ2v) is 3.29. The van der Waals surface area contributed by atoms with Gasteiger partial charge in [-0.1, -0.05) is 6.42 Å². The molecule has 1 rings (SSSR count). The molecule has 1 fully saturated rings. The van der Waals surface area contributed by atoms with Crippen LogP contribution in [0.5, 0.6) is 0 Å². The molecule has 12 heavy (non-hydrogen) atoms. The van der Waals surface area contributed by atoms with E-state index in [9.17, 15) is 4.79 Å². The van der Waals surface area contributed by atoms with Crippen molar-refractivity contribution in [2.24, 2.45) is 17.6 Å². The molecule has 0 amide bonds. The number of hydrogen-bond donors (Lipinski definition) is 1. The molecular formula is C9H17NO2. The van der Waals surface area contributed by atoms with Crippen molar-refractivity contribution < 1.29 is 9.53 Å². The highest BCUT2D eigenvalue weighted by Gasteiger charge is 2.32. The Hall–Kier alpha value is -0.570. The van der Waals surface area contributed by atoms with E-state index in [-0.39, 0.29) is 11.9 Å². The number of ether oxygens (including phenoxy) is 1. The molecule has 0 unspecified atom stereocenters. The molecule has 0 spiro atoms. The fraction of sp³-hybridized carbons (Fsp3) is 0.889. The summed E-state index contributed by atoms with van der Waals surface area (Å²) >= 11 is 0. The van der Waals surface area contributed by atoms with E-state index < -0.39 is 0 Å². The topological polar surface area (TPSA) is 52.3 Å². The van der Waals surface area contributed by atoms with Crippen molar-refractivity contribution in [2.75, 3.05) is 13.2 Å². The van der Waals surface area contributed by atoms with Gasteiger partial charge < -0.3 is 10.5 Å². The van der Waals surface area contributed by atoms with Gasteiger partial charge in [0.2, 0.25) is 0 Å². The van der Waals surface area contributed by atoms with Crippen molar-refractivity contribution >= 4 is 5.97 Å². The number of esters is 1. The monoisotopic (exact) mass is 171 g/mol. The van der Waals surface area contributed by atoms with Gasteiger partial charge in [0.25, 0.3) is 0 Å². The van der Waals surface area contributed by atoms with Crippen LogP contribution in [0.1, 0.15) is 26.2 Å². The van der Waals surface area contributed by atoms with Crippen LogP contribution in [0.25, 0.3) is 0 Å². The number of carbonyl (C=O) groups is 1. The van der Waals surface area contributed by atoms with Crippen molar-refractivity contribution in [2.45, 2.75) is 26.2 Å². The second kappa shape index (κ2) is 4.45. The molecule has 1 saturated carbocycles. The van der Waals surface area contributed by atoms with Crippen molar-refractivity contribution in [3.05, 3.63) is 0 Å². The highest BCUT2D eigenvalue weighted by atomic mass is 16.5. The molecule has 3 heteroatoms. The first kappa shape index (κ1) is 9.52. The number of rotatable bonds is 4. The van der Waals surface area contributed by atoms with Gasteiger partial charge in [-0.25, -0.2) is 0 Å². The fourth-order valence-corrected chi connectivity index (χ4v) is 1.57. The molecule has 0 aromatic heterocycles. The highest BCUT2D eigenvalue weighted by molar-refractivity contribution is 5.73. The van der Waals surface area contributed by atoms with Gasteiger partial charge in [0.15, 0.2) is 0 Å². The predicted molar refractivity (Wildman–Crippen MR) is 46.5 cm³/mol. The van der Waals surface area contributed by atoms with E-state index in [1.807, 2.05) is 6.92 Å². The van der Waals surface area contributed by atoms with Crippen LogP contribution in [0.2, 0.25) is 0 Å². The van der Waals surface area contributed by atoms with E-state index in [0.29, 0.717) is 19.1 Å². The smallest absolute Gasteiger partial charge is 0.310 e. The Balaban J connectivity index is 2.37. The summed E-state index contributed by atoms with van der Waals surface area (Å²) in [5.74, 6) is 0.345. The summed E-state index contributed by atoms with van der Waals surface area (Å²) in [4.78, 5) is 11.3. The van der Waals surface area contributed by atoms with Crippen molar-refractivity contribution in [1.29, 1.82) is 0 Å². The lowest BCUT2D eigenvalue weighted by atomic mass is 9.76. The van der Waals surface area contributed by atoms with Gasteiger partial charge in [-0.15, -0.1) is 0 Å². The van der Waals surface area contributed by atoms with Crippen LogP contribution in [0.4, 0.5) is 0 Å². The molecule has 70 valence electrons. The first-order valence-electron chi connectivity index (χ1n) is 4.66. The van der Waals surface area contributed by atoms with E-state index in [1.54, 1.807) is 0 Å². The van der Waals surface area contributed by atoms with E-state index in [4.69, 9.17) is 10.5 Å². The lowest BCUT2D eigenvalue weighted by Gasteiger charge is -2.31. The lowest BCUT2D eigenvalue weighted by molar-refractivity contribution is -0.150. The summed E-state index contributed by atoms with van der Waals surface area (Å²) in [7, 11) is 0. The molecule has 3 nitrogen and oxygen atoms in total. The van der Waals surface area contributed by atoms with E-state index in [1.165, 1.54) is 6.42 Å². The summed E-state index contributed by atoms with van der Waals surface area (Å²) in [6.07, 6.45) is 3.52. The molecule has 0 radical (unpaired) electrons. The summed E-state index contributed by atoms with van der Waals surface area (Å²) in [6.45, 7) is 2.72. The molecule has 0 aliphatic heterocycles. The largest absolute Gasteiger partial charge is 0.466 e. The van der Waals surface area contributed by atoms with Gasteiger partial charge in [0.05, 0.1) is 12.5 Å². The Morgan fingerprint density at radius 3 is 2.67 bits per heavy atom. The zero-order chi connectivity index (χ0) is 8.97. The Bertz CT molecular complexity index is 155. The number of hydrogen-bond acceptors (Lipinski definition) is 3. The summed E-state index contributed by atoms with van der Waals surface area (Å²) in [6, 6.07) is 0. The highest BCUT2D eigenvalue weighted by Crippen LogP contribution is 2.33. The van der Waals surface area contributed by atoms with Gasteiger partial charge in [-0.3, -0.25) is 4.79 Å². The predicted octanol–water partition coefficient (Wildman–Crippen LogP) is 0.924. The summed E-state index contributed by atoms with van der Waals surface area (Å²) in [5, 5.41) is 0. The minimum Gasteiger partial charge on any atom is -0.466 e. The second-order valence-electron chi connectivity index (χ2n) is 3.29. The molecule has 1 atom stereocenters. The molecule has 0 bridgehead atoms. The van der Waals surface area contributed by atoms with Crippen LogP contribution >= 0.6 is 0 Å². The van der Waals surface area contributed by atoms with Crippen molar-refractivity contribution in [3.63, 3.8) is 0 Å². The van der Waals surface area contributed by atoms with E-state index in [0.717, 1.165) is 12.8 Å². The Labute approximate surface area is 73.3 Å². The van der Waals surface area contributed by atoms with Gasteiger partial charge in [0.1, 0.15) is 0 Å². The summed E-state index contributed by atoms with van der Waals surface area (Å²) < 4.78 is 4.93. The van der Waals surface area contributed by atoms with Crippen LogP contribution in [-0.2, 0) is 9.53 Å². The standard InChI is InChI=1S/C9H17NO2/c1-2-12-9(11)8(6-10)7-4-3-5-7/h7-8H,2-6,10H2,1H3/t8-/m0/s1. The van der Waals surface area contributed by atoms with Crippen LogP contribution in [-0.4, -0.2) is 19.1 Å². The maximum Gasteiger partial charge on any atom is 0.310 e. The zero-order valence-corrected chi connectivity index (χ0v) is 7.58. The van der Waals surface area contributed by atoms with Gasteiger partial charge in [0, 0.05) is 6.54 Å². The normalized spacial score (nSPS) is 19.8. The molecular weight excluding hydrogens is 154 g/mol. The maximum absolute atomic E-state index is 11.3. The molecule has 0 heterocycles. The van der Waals surface area contributed by atoms with Gasteiger partial charge >= 0.3 is 5.97 Å². The SMILES string of the molecule is CCOC(=O)[C@@H](CN)C1CCC1. The van der Waals surface area contributed by atoms with Crippen LogP contribution in [0, 0.1) is 11.8 Å². The Morgan fingerprint density at radius 1 is 1.67 bits per heavy atom. The third-order valence-corrected chi connectivity index (χ3v) is 2.56. The molecule has 2 N–H and O–H groups in total. The van der Waals surface area contributed by atoms with Crippen LogP contribution < -0.4 is 5.73 Å². The lowest BCUT2D eigenvalue weighted by Crippen LogP contribution is -2.35. The van der Waals surface area contributed by atoms with E-state index >= 15 is 0 Å². The van der Waals surface area contributed by atoms with Crippen molar-refractivity contribution in [3.8, 4) is 0 Å². The minimum absolute atomic E-state index is 0.0429. The molecule has 1 aliphatic carbocycles. The van der Waals surface area contributed by atoms with Gasteiger partial charge in [-0.2, -0.15) is 0 Å². The summed E-state index contributed by atoms with van der Waals surface area (Å²) in [5.41, 5.74) is 5.51. The number of nitrogens with two attached hydrogens (primary N) is 1. The maximum atomic E-state index is 11.3.